The van der Waals surface area contributed by atoms with Gasteiger partial charge in [-0.15, -0.1) is 0 Å². The van der Waals surface area contributed by atoms with Gasteiger partial charge in [0.15, 0.2) is 5.65 Å². The monoisotopic (exact) mass is 592 g/mol. The van der Waals surface area contributed by atoms with Crippen LogP contribution in [0.2, 0.25) is 0 Å². The van der Waals surface area contributed by atoms with E-state index >= 15 is 0 Å². The van der Waals surface area contributed by atoms with E-state index < -0.39 is 5.41 Å². The van der Waals surface area contributed by atoms with Crippen LogP contribution in [0.1, 0.15) is 81.2 Å². The van der Waals surface area contributed by atoms with E-state index in [1.165, 1.54) is 38.9 Å². The number of aryl methyl sites for hydroxylation is 3. The highest BCUT2D eigenvalue weighted by atomic mass is 16.2. The summed E-state index contributed by atoms with van der Waals surface area (Å²) in [7, 11) is 0. The molecule has 2 aromatic carbocycles. The summed E-state index contributed by atoms with van der Waals surface area (Å²) in [5.74, 6) is 0.437. The first kappa shape index (κ1) is 31.5. The molecule has 7 nitrogen and oxygen atoms in total. The van der Waals surface area contributed by atoms with E-state index in [1.54, 1.807) is 6.33 Å². The minimum Gasteiger partial charge on any atom is -0.354 e. The largest absolute Gasteiger partial charge is 0.354 e. The summed E-state index contributed by atoms with van der Waals surface area (Å²) in [4.78, 5) is 31.1. The third kappa shape index (κ3) is 6.58. The second kappa shape index (κ2) is 13.3. The average Bonchev–Trinajstić information content (AvgIpc) is 3.63. The van der Waals surface area contributed by atoms with Crippen LogP contribution in [0.15, 0.2) is 55.0 Å². The molecule has 3 N–H and O–H groups in total. The van der Waals surface area contributed by atoms with Crippen molar-refractivity contribution < 1.29 is 4.79 Å². The van der Waals surface area contributed by atoms with Gasteiger partial charge in [-0.25, -0.2) is 9.97 Å². The predicted octanol–water partition coefficient (Wildman–Crippen LogP) is 7.59. The maximum atomic E-state index is 13.5. The van der Waals surface area contributed by atoms with Gasteiger partial charge in [0.05, 0.1) is 23.0 Å². The quantitative estimate of drug-likeness (QED) is 0.123. The number of carbonyl (C=O) groups excluding carboxylic acids is 1. The number of H-pyrrole nitrogens is 2. The molecule has 0 aliphatic heterocycles. The number of nitrogens with zero attached hydrogens (tertiary/aromatic N) is 3. The van der Waals surface area contributed by atoms with Crippen LogP contribution in [-0.4, -0.2) is 56.9 Å². The summed E-state index contributed by atoms with van der Waals surface area (Å²) in [6, 6.07) is 15.5. The molecule has 3 aromatic heterocycles. The van der Waals surface area contributed by atoms with Crippen LogP contribution in [-0.2, 0) is 16.6 Å². The fourth-order valence-electron chi connectivity index (χ4n) is 6.50. The SMILES string of the molecule is CCN(CC)C(=O)C(C)(C)c1ccc2[nH]c(-c3cc(C)cc(C)c3)c([C@H](C)CNCCCCc3cnc4nc[nH]c4c3)c2c1. The van der Waals surface area contributed by atoms with Gasteiger partial charge in [-0.05, 0) is 126 Å². The third-order valence-corrected chi connectivity index (χ3v) is 9.00. The van der Waals surface area contributed by atoms with Gasteiger partial charge in [0.2, 0.25) is 5.91 Å². The minimum atomic E-state index is -0.617. The van der Waals surface area contributed by atoms with Crippen molar-refractivity contribution in [1.29, 1.82) is 0 Å². The van der Waals surface area contributed by atoms with Gasteiger partial charge in [-0.2, -0.15) is 0 Å². The van der Waals surface area contributed by atoms with Gasteiger partial charge in [0.25, 0.3) is 0 Å². The zero-order valence-corrected chi connectivity index (χ0v) is 27.5. The molecule has 5 aromatic rings. The smallest absolute Gasteiger partial charge is 0.232 e. The van der Waals surface area contributed by atoms with Gasteiger partial charge in [-0.3, -0.25) is 4.79 Å². The number of fused-ring (bicyclic) bond motifs is 2. The molecular formula is C37H48N6O. The molecule has 1 atom stereocenters. The van der Waals surface area contributed by atoms with Crippen LogP contribution in [0.25, 0.3) is 33.3 Å². The highest BCUT2D eigenvalue weighted by Crippen LogP contribution is 2.38. The Hall–Kier alpha value is -3.97. The zero-order chi connectivity index (χ0) is 31.4. The maximum Gasteiger partial charge on any atom is 0.232 e. The van der Waals surface area contributed by atoms with E-state index in [0.717, 1.165) is 54.6 Å². The lowest BCUT2D eigenvalue weighted by molar-refractivity contribution is -0.135. The predicted molar refractivity (Wildman–Crippen MR) is 182 cm³/mol. The lowest BCUT2D eigenvalue weighted by Crippen LogP contribution is -2.43. The van der Waals surface area contributed by atoms with Crippen molar-refractivity contribution in [2.24, 2.45) is 0 Å². The molecular weight excluding hydrogens is 544 g/mol. The number of rotatable bonds is 13. The highest BCUT2D eigenvalue weighted by molar-refractivity contribution is 5.94. The Morgan fingerprint density at radius 3 is 2.45 bits per heavy atom. The topological polar surface area (TPSA) is 89.7 Å². The van der Waals surface area contributed by atoms with Crippen molar-refractivity contribution in [2.75, 3.05) is 26.2 Å². The Labute approximate surface area is 261 Å². The molecule has 0 saturated heterocycles. The number of nitrogens with one attached hydrogen (secondary N) is 3. The Bertz CT molecular complexity index is 1720. The lowest BCUT2D eigenvalue weighted by atomic mass is 9.81. The molecule has 7 heteroatoms. The number of likely N-dealkylation sites (N-methyl/N-ethyl adjacent to an activating group) is 1. The zero-order valence-electron chi connectivity index (χ0n) is 27.5. The molecule has 0 fully saturated rings. The summed E-state index contributed by atoms with van der Waals surface area (Å²) < 4.78 is 0. The van der Waals surface area contributed by atoms with Crippen molar-refractivity contribution in [1.82, 2.24) is 30.2 Å². The van der Waals surface area contributed by atoms with E-state index in [0.29, 0.717) is 13.1 Å². The summed E-state index contributed by atoms with van der Waals surface area (Å²) >= 11 is 0. The summed E-state index contributed by atoms with van der Waals surface area (Å²) in [6.07, 6.45) is 6.83. The highest BCUT2D eigenvalue weighted by Gasteiger charge is 2.33. The summed E-state index contributed by atoms with van der Waals surface area (Å²) in [5, 5.41) is 4.94. The molecule has 0 unspecified atom stereocenters. The van der Waals surface area contributed by atoms with Gasteiger partial charge >= 0.3 is 0 Å². The lowest BCUT2D eigenvalue weighted by Gasteiger charge is -2.31. The third-order valence-electron chi connectivity index (χ3n) is 9.00. The number of imidazole rings is 1. The molecule has 0 aliphatic carbocycles. The first-order valence-electron chi connectivity index (χ1n) is 16.1. The van der Waals surface area contributed by atoms with Gasteiger partial charge < -0.3 is 20.2 Å². The average molecular weight is 593 g/mol. The molecule has 0 bridgehead atoms. The Balaban J connectivity index is 1.36. The standard InChI is InChI=1S/C37H48N6O/c1-8-43(9-2)36(44)37(6,7)29-13-14-31-30(20-29)33(34(42-31)28-17-24(3)16-25(4)18-28)26(5)21-38-15-11-10-12-27-19-32-35(39-22-27)41-23-40-32/h13-14,16-20,22-23,26,38,42H,8-12,15,21H2,1-7H3,(H,39,40,41)/t26-/m1/s1. The Morgan fingerprint density at radius 2 is 1.73 bits per heavy atom. The first-order chi connectivity index (χ1) is 21.1. The summed E-state index contributed by atoms with van der Waals surface area (Å²) in [6.45, 7) is 18.1. The maximum absolute atomic E-state index is 13.5. The number of amides is 1. The number of aromatic nitrogens is 4. The van der Waals surface area contributed by atoms with Crippen molar-refractivity contribution in [3.05, 3.63) is 82.8 Å². The van der Waals surface area contributed by atoms with Gasteiger partial charge in [0, 0.05) is 36.7 Å². The van der Waals surface area contributed by atoms with E-state index in [-0.39, 0.29) is 11.8 Å². The number of pyridine rings is 1. The molecule has 0 saturated carbocycles. The summed E-state index contributed by atoms with van der Waals surface area (Å²) in [5.41, 5.74) is 10.8. The van der Waals surface area contributed by atoms with Crippen molar-refractivity contribution in [3.63, 3.8) is 0 Å². The minimum absolute atomic E-state index is 0.170. The Kier molecular flexibility index (Phi) is 9.54. The van der Waals surface area contributed by atoms with Gasteiger partial charge in [0.1, 0.15) is 0 Å². The van der Waals surface area contributed by atoms with Crippen LogP contribution in [0.5, 0.6) is 0 Å². The first-order valence-corrected chi connectivity index (χ1v) is 16.1. The van der Waals surface area contributed by atoms with Gasteiger partial charge in [-0.1, -0.05) is 30.2 Å². The van der Waals surface area contributed by atoms with Crippen LogP contribution in [0.3, 0.4) is 0 Å². The Morgan fingerprint density at radius 1 is 0.977 bits per heavy atom. The van der Waals surface area contributed by atoms with Crippen LogP contribution < -0.4 is 5.32 Å². The molecule has 0 radical (unpaired) electrons. The van der Waals surface area contributed by atoms with Crippen molar-refractivity contribution in [3.8, 4) is 11.3 Å². The number of carbonyl (C=O) groups is 1. The number of hydrogen-bond acceptors (Lipinski definition) is 4. The van der Waals surface area contributed by atoms with E-state index in [1.807, 2.05) is 24.9 Å². The van der Waals surface area contributed by atoms with E-state index in [4.69, 9.17) is 0 Å². The fraction of sp³-hybridized carbons (Fsp3) is 0.432. The normalized spacial score (nSPS) is 12.7. The number of unbranched alkanes of at least 4 members (excludes halogenated alkanes) is 1. The fourth-order valence-corrected chi connectivity index (χ4v) is 6.50. The molecule has 1 amide bonds. The molecule has 232 valence electrons. The number of benzene rings is 2. The van der Waals surface area contributed by atoms with Crippen molar-refractivity contribution in [2.45, 2.75) is 79.1 Å². The molecule has 0 aliphatic rings. The number of hydrogen-bond donors (Lipinski definition) is 3. The van der Waals surface area contributed by atoms with Crippen LogP contribution >= 0.6 is 0 Å². The molecule has 0 spiro atoms. The van der Waals surface area contributed by atoms with Crippen molar-refractivity contribution >= 4 is 28.0 Å². The molecule has 5 rings (SSSR count). The second-order valence-electron chi connectivity index (χ2n) is 12.8. The van der Waals surface area contributed by atoms with Crippen LogP contribution in [0.4, 0.5) is 0 Å². The molecule has 44 heavy (non-hydrogen) atoms. The number of aromatic amines is 2. The molecule has 3 heterocycles. The second-order valence-corrected chi connectivity index (χ2v) is 12.8. The van der Waals surface area contributed by atoms with E-state index in [9.17, 15) is 4.79 Å². The van der Waals surface area contributed by atoms with E-state index in [2.05, 4.69) is 102 Å². The van der Waals surface area contributed by atoms with Crippen LogP contribution in [0, 0.1) is 13.8 Å².